The van der Waals surface area contributed by atoms with Crippen LogP contribution in [0.4, 0.5) is 0 Å². The maximum atomic E-state index is 2.48. The topological polar surface area (TPSA) is 0 Å². The van der Waals surface area contributed by atoms with E-state index in [2.05, 4.69) is 43.3 Å². The van der Waals surface area contributed by atoms with Crippen LogP contribution in [0.2, 0.25) is 0 Å². The van der Waals surface area contributed by atoms with Crippen molar-refractivity contribution in [3.05, 3.63) is 47.5 Å². The summed E-state index contributed by atoms with van der Waals surface area (Å²) in [5.74, 6) is 0.830. The molecule has 0 aromatic heterocycles. The number of allylic oxidation sites excluding steroid dienone is 2. The summed E-state index contributed by atoms with van der Waals surface area (Å²) >= 11 is 0. The lowest BCUT2D eigenvalue weighted by molar-refractivity contribution is 0.689. The third kappa shape index (κ3) is 3.23. The van der Waals surface area contributed by atoms with E-state index in [1.165, 1.54) is 37.7 Å². The summed E-state index contributed by atoms with van der Waals surface area (Å²) in [5.41, 5.74) is 3.17. The van der Waals surface area contributed by atoms with Gasteiger partial charge in [-0.15, -0.1) is 0 Å². The summed E-state index contributed by atoms with van der Waals surface area (Å²) in [6.07, 6.45) is 9.04. The molecule has 0 saturated carbocycles. The largest absolute Gasteiger partial charge is 0.0825 e. The maximum Gasteiger partial charge on any atom is -0.0256 e. The molecule has 1 unspecified atom stereocenters. The molecule has 0 heterocycles. The number of hydrogen-bond acceptors (Lipinski definition) is 0. The highest BCUT2D eigenvalue weighted by Gasteiger charge is 2.10. The summed E-state index contributed by atoms with van der Waals surface area (Å²) in [4.78, 5) is 0. The van der Waals surface area contributed by atoms with Gasteiger partial charge in [0.05, 0.1) is 0 Å². The van der Waals surface area contributed by atoms with Crippen LogP contribution in [0.5, 0.6) is 0 Å². The molecule has 0 saturated heterocycles. The molecule has 0 radical (unpaired) electrons. The molecule has 1 aromatic carbocycles. The van der Waals surface area contributed by atoms with E-state index < -0.39 is 0 Å². The highest BCUT2D eigenvalue weighted by atomic mass is 14.2. The third-order valence-corrected chi connectivity index (χ3v) is 3.25. The van der Waals surface area contributed by atoms with Crippen molar-refractivity contribution in [3.8, 4) is 0 Å². The van der Waals surface area contributed by atoms with Crippen LogP contribution in [-0.4, -0.2) is 0 Å². The average Bonchev–Trinajstić information content (AvgIpc) is 2.66. The van der Waals surface area contributed by atoms with E-state index in [0.29, 0.717) is 0 Å². The molecule has 15 heavy (non-hydrogen) atoms. The van der Waals surface area contributed by atoms with Crippen molar-refractivity contribution >= 4 is 0 Å². The quantitative estimate of drug-likeness (QED) is 0.633. The molecule has 0 heteroatoms. The molecule has 0 bridgehead atoms. The fraction of sp³-hybridized carbons (Fsp3) is 0.467. The van der Waals surface area contributed by atoms with Gasteiger partial charge in [-0.1, -0.05) is 48.9 Å². The zero-order valence-electron chi connectivity index (χ0n) is 9.58. The van der Waals surface area contributed by atoms with Crippen molar-refractivity contribution in [1.29, 1.82) is 0 Å². The molecule has 2 rings (SSSR count). The van der Waals surface area contributed by atoms with Crippen molar-refractivity contribution in [2.24, 2.45) is 5.92 Å². The summed E-state index contributed by atoms with van der Waals surface area (Å²) in [6, 6.07) is 10.8. The van der Waals surface area contributed by atoms with E-state index in [-0.39, 0.29) is 0 Å². The van der Waals surface area contributed by atoms with Gasteiger partial charge in [-0.3, -0.25) is 0 Å². The predicted octanol–water partition coefficient (Wildman–Crippen LogP) is 4.37. The third-order valence-electron chi connectivity index (χ3n) is 3.25. The Morgan fingerprint density at radius 3 is 2.60 bits per heavy atom. The second kappa shape index (κ2) is 5.16. The molecule has 1 aliphatic carbocycles. The molecule has 80 valence electrons. The van der Waals surface area contributed by atoms with Crippen LogP contribution in [0.1, 0.15) is 38.2 Å². The Morgan fingerprint density at radius 2 is 1.93 bits per heavy atom. The van der Waals surface area contributed by atoms with Crippen LogP contribution >= 0.6 is 0 Å². The van der Waals surface area contributed by atoms with Crippen molar-refractivity contribution in [2.75, 3.05) is 0 Å². The number of benzene rings is 1. The van der Waals surface area contributed by atoms with Gasteiger partial charge in [0.15, 0.2) is 0 Å². The fourth-order valence-corrected chi connectivity index (χ4v) is 2.35. The molecular weight excluding hydrogens is 180 g/mol. The van der Waals surface area contributed by atoms with Gasteiger partial charge in [-0.25, -0.2) is 0 Å². The maximum absolute atomic E-state index is 2.48. The highest BCUT2D eigenvalue weighted by Crippen LogP contribution is 2.26. The van der Waals surface area contributed by atoms with E-state index in [1.807, 2.05) is 0 Å². The summed E-state index contributed by atoms with van der Waals surface area (Å²) < 4.78 is 0. The second-order valence-corrected chi connectivity index (χ2v) is 4.68. The monoisotopic (exact) mass is 200 g/mol. The molecular formula is C15H20. The van der Waals surface area contributed by atoms with Gasteiger partial charge in [0.2, 0.25) is 0 Å². The fourth-order valence-electron chi connectivity index (χ4n) is 2.35. The lowest BCUT2D eigenvalue weighted by atomic mass is 10.0. The molecule has 0 fully saturated rings. The van der Waals surface area contributed by atoms with Crippen molar-refractivity contribution in [3.63, 3.8) is 0 Å². The van der Waals surface area contributed by atoms with Crippen molar-refractivity contribution in [2.45, 2.75) is 39.0 Å². The SMILES string of the molecule is CC1C=C(CCCc2ccccc2)CC1. The smallest absolute Gasteiger partial charge is 0.0256 e. The summed E-state index contributed by atoms with van der Waals surface area (Å²) in [7, 11) is 0. The van der Waals surface area contributed by atoms with E-state index in [0.717, 1.165) is 5.92 Å². The molecule has 0 nitrogen and oxygen atoms in total. The van der Waals surface area contributed by atoms with Gasteiger partial charge in [0, 0.05) is 0 Å². The van der Waals surface area contributed by atoms with Crippen LogP contribution in [-0.2, 0) is 6.42 Å². The number of aryl methyl sites for hydroxylation is 1. The normalized spacial score (nSPS) is 20.3. The van der Waals surface area contributed by atoms with Crippen LogP contribution in [0.3, 0.4) is 0 Å². The van der Waals surface area contributed by atoms with Gasteiger partial charge in [0.1, 0.15) is 0 Å². The molecule has 1 atom stereocenters. The first-order valence-corrected chi connectivity index (χ1v) is 6.08. The average molecular weight is 200 g/mol. The Labute approximate surface area is 93.0 Å². The van der Waals surface area contributed by atoms with Crippen LogP contribution in [0, 0.1) is 5.92 Å². The molecule has 1 aromatic rings. The van der Waals surface area contributed by atoms with E-state index >= 15 is 0 Å². The van der Waals surface area contributed by atoms with Crippen LogP contribution < -0.4 is 0 Å². The summed E-state index contributed by atoms with van der Waals surface area (Å²) in [6.45, 7) is 2.32. The van der Waals surface area contributed by atoms with Crippen LogP contribution in [0.25, 0.3) is 0 Å². The first-order valence-electron chi connectivity index (χ1n) is 6.08. The van der Waals surface area contributed by atoms with Gasteiger partial charge in [0.25, 0.3) is 0 Å². The van der Waals surface area contributed by atoms with Gasteiger partial charge in [-0.05, 0) is 43.6 Å². The zero-order chi connectivity index (χ0) is 10.5. The van der Waals surface area contributed by atoms with Crippen molar-refractivity contribution in [1.82, 2.24) is 0 Å². The van der Waals surface area contributed by atoms with Gasteiger partial charge in [-0.2, -0.15) is 0 Å². The minimum Gasteiger partial charge on any atom is -0.0825 e. The molecule has 0 amide bonds. The Balaban J connectivity index is 1.74. The first kappa shape index (κ1) is 10.5. The van der Waals surface area contributed by atoms with E-state index in [9.17, 15) is 0 Å². The highest BCUT2D eigenvalue weighted by molar-refractivity contribution is 5.15. The zero-order valence-corrected chi connectivity index (χ0v) is 9.58. The van der Waals surface area contributed by atoms with E-state index in [1.54, 1.807) is 5.57 Å². The Bertz CT molecular complexity index is 321. The lowest BCUT2D eigenvalue weighted by Crippen LogP contribution is -1.86. The van der Waals surface area contributed by atoms with Crippen LogP contribution in [0.15, 0.2) is 42.0 Å². The summed E-state index contributed by atoms with van der Waals surface area (Å²) in [5, 5.41) is 0. The second-order valence-electron chi connectivity index (χ2n) is 4.68. The number of hydrogen-bond donors (Lipinski definition) is 0. The van der Waals surface area contributed by atoms with Crippen molar-refractivity contribution < 1.29 is 0 Å². The van der Waals surface area contributed by atoms with Gasteiger partial charge < -0.3 is 0 Å². The Kier molecular flexibility index (Phi) is 3.60. The number of rotatable bonds is 4. The lowest BCUT2D eigenvalue weighted by Gasteiger charge is -2.02. The Hall–Kier alpha value is -1.04. The molecule has 0 N–H and O–H groups in total. The minimum absolute atomic E-state index is 0.830. The molecule has 0 aliphatic heterocycles. The molecule has 0 spiro atoms. The Morgan fingerprint density at radius 1 is 1.13 bits per heavy atom. The predicted molar refractivity (Wildman–Crippen MR) is 65.9 cm³/mol. The molecule has 1 aliphatic rings. The van der Waals surface area contributed by atoms with E-state index in [4.69, 9.17) is 0 Å². The standard InChI is InChI=1S/C15H20/c1-13-10-11-15(12-13)9-5-8-14-6-3-2-4-7-14/h2-4,6-7,12-13H,5,8-11H2,1H3. The first-order chi connectivity index (χ1) is 7.34. The minimum atomic E-state index is 0.830. The van der Waals surface area contributed by atoms with Gasteiger partial charge >= 0.3 is 0 Å².